The van der Waals surface area contributed by atoms with Crippen LogP contribution in [0, 0.1) is 0 Å². The lowest BCUT2D eigenvalue weighted by Crippen LogP contribution is -2.35. The first-order valence-corrected chi connectivity index (χ1v) is 12.6. The number of anilines is 1. The quantitative estimate of drug-likeness (QED) is 0.369. The van der Waals surface area contributed by atoms with E-state index in [0.717, 1.165) is 65.0 Å². The monoisotopic (exact) mass is 496 g/mol. The average molecular weight is 497 g/mol. The number of nitrogens with zero attached hydrogens (tertiary/aromatic N) is 5. The highest BCUT2D eigenvalue weighted by atomic mass is 32.1. The molecule has 8 nitrogen and oxygen atoms in total. The molecule has 1 aliphatic rings. The summed E-state index contributed by atoms with van der Waals surface area (Å²) in [7, 11) is 0. The number of carbonyl (C=O) groups is 1. The fraction of sp³-hybridized carbons (Fsp3) is 0.185. The Morgan fingerprint density at radius 1 is 1.03 bits per heavy atom. The lowest BCUT2D eigenvalue weighted by molar-refractivity contribution is 0.0341. The van der Waals surface area contributed by atoms with Crippen molar-refractivity contribution in [3.8, 4) is 16.3 Å². The number of ether oxygens (including phenoxy) is 1. The largest absolute Gasteiger partial charge is 0.379 e. The van der Waals surface area contributed by atoms with Gasteiger partial charge in [0.2, 0.25) is 0 Å². The molecule has 1 saturated heterocycles. The third-order valence-corrected chi connectivity index (χ3v) is 7.07. The summed E-state index contributed by atoms with van der Waals surface area (Å²) in [6.45, 7) is 4.23. The number of morpholine rings is 1. The summed E-state index contributed by atoms with van der Waals surface area (Å²) in [5.41, 5.74) is 4.77. The Morgan fingerprint density at radius 2 is 1.83 bits per heavy atom. The fourth-order valence-corrected chi connectivity index (χ4v) is 5.15. The van der Waals surface area contributed by atoms with Gasteiger partial charge in [-0.15, -0.1) is 0 Å². The maximum Gasteiger partial charge on any atom is 0.276 e. The molecule has 1 amide bonds. The first-order chi connectivity index (χ1) is 17.7. The molecule has 2 aromatic carbocycles. The van der Waals surface area contributed by atoms with E-state index in [4.69, 9.17) is 9.72 Å². The normalized spacial score (nSPS) is 14.2. The van der Waals surface area contributed by atoms with Gasteiger partial charge in [-0.2, -0.15) is 5.10 Å². The molecule has 1 N–H and O–H groups in total. The van der Waals surface area contributed by atoms with Gasteiger partial charge in [-0.3, -0.25) is 9.69 Å². The summed E-state index contributed by atoms with van der Waals surface area (Å²) in [5, 5.41) is 8.27. The van der Waals surface area contributed by atoms with Crippen LogP contribution in [0.25, 0.3) is 26.6 Å². The van der Waals surface area contributed by atoms with Gasteiger partial charge in [0.05, 0.1) is 24.6 Å². The number of amides is 1. The van der Waals surface area contributed by atoms with E-state index in [1.165, 1.54) is 11.3 Å². The van der Waals surface area contributed by atoms with Crippen LogP contribution in [0.15, 0.2) is 79.1 Å². The van der Waals surface area contributed by atoms with Gasteiger partial charge in [-0.05, 0) is 42.0 Å². The SMILES string of the molecule is O=C(Nc1ccccc1-c1nc2cc(CN3CCOCC3)cnc2s1)c1ccn(-c2ccccc2)n1. The molecule has 0 aliphatic carbocycles. The van der Waals surface area contributed by atoms with Gasteiger partial charge in [0.15, 0.2) is 5.69 Å². The fourth-order valence-electron chi connectivity index (χ4n) is 4.22. The zero-order chi connectivity index (χ0) is 24.3. The standard InChI is InChI=1S/C27H24N6O2S/c34-25(23-10-11-33(31-23)20-6-2-1-3-7-20)29-22-9-5-4-8-21(22)26-30-24-16-19(17-28-27(24)36-26)18-32-12-14-35-15-13-32/h1-11,16-17H,12-15,18H2,(H,29,34). The van der Waals surface area contributed by atoms with Gasteiger partial charge in [-0.1, -0.05) is 41.7 Å². The number of fused-ring (bicyclic) bond motifs is 1. The first-order valence-electron chi connectivity index (χ1n) is 11.8. The van der Waals surface area contributed by atoms with Crippen molar-refractivity contribution in [3.63, 3.8) is 0 Å². The number of thiazole rings is 1. The molecule has 36 heavy (non-hydrogen) atoms. The van der Waals surface area contributed by atoms with Crippen LogP contribution in [-0.4, -0.2) is 56.9 Å². The minimum absolute atomic E-state index is 0.274. The topological polar surface area (TPSA) is 85.2 Å². The number of para-hydroxylation sites is 2. The second-order valence-electron chi connectivity index (χ2n) is 8.56. The van der Waals surface area contributed by atoms with Crippen molar-refractivity contribution >= 4 is 33.3 Å². The Kier molecular flexibility index (Phi) is 6.25. The zero-order valence-electron chi connectivity index (χ0n) is 19.5. The molecule has 0 atom stereocenters. The second kappa shape index (κ2) is 9.98. The predicted molar refractivity (Wildman–Crippen MR) is 140 cm³/mol. The van der Waals surface area contributed by atoms with Crippen LogP contribution in [-0.2, 0) is 11.3 Å². The van der Waals surface area contributed by atoms with E-state index in [9.17, 15) is 4.79 Å². The van der Waals surface area contributed by atoms with E-state index in [-0.39, 0.29) is 5.91 Å². The molecule has 1 aliphatic heterocycles. The molecule has 0 radical (unpaired) electrons. The number of hydrogen-bond acceptors (Lipinski definition) is 7. The van der Waals surface area contributed by atoms with Crippen LogP contribution in [0.4, 0.5) is 5.69 Å². The Morgan fingerprint density at radius 3 is 2.69 bits per heavy atom. The van der Waals surface area contributed by atoms with Crippen LogP contribution in [0.2, 0.25) is 0 Å². The number of carbonyl (C=O) groups excluding carboxylic acids is 1. The van der Waals surface area contributed by atoms with Gasteiger partial charge in [-0.25, -0.2) is 14.6 Å². The Hall–Kier alpha value is -3.92. The van der Waals surface area contributed by atoms with Crippen molar-refractivity contribution in [2.24, 2.45) is 0 Å². The van der Waals surface area contributed by atoms with E-state index >= 15 is 0 Å². The lowest BCUT2D eigenvalue weighted by Gasteiger charge is -2.26. The van der Waals surface area contributed by atoms with Crippen molar-refractivity contribution in [1.82, 2.24) is 24.6 Å². The highest BCUT2D eigenvalue weighted by Gasteiger charge is 2.17. The summed E-state index contributed by atoms with van der Waals surface area (Å²) in [5.74, 6) is -0.274. The molecule has 4 heterocycles. The number of hydrogen-bond donors (Lipinski definition) is 1. The van der Waals surface area contributed by atoms with Crippen LogP contribution in [0.5, 0.6) is 0 Å². The molecule has 9 heteroatoms. The third kappa shape index (κ3) is 4.76. The van der Waals surface area contributed by atoms with Crippen molar-refractivity contribution in [2.75, 3.05) is 31.6 Å². The van der Waals surface area contributed by atoms with Crippen LogP contribution in [0.3, 0.4) is 0 Å². The maximum atomic E-state index is 13.0. The number of aromatic nitrogens is 4. The molecule has 5 aromatic rings. The Bertz CT molecular complexity index is 1510. The zero-order valence-corrected chi connectivity index (χ0v) is 20.3. The summed E-state index contributed by atoms with van der Waals surface area (Å²) in [6.07, 6.45) is 3.71. The summed E-state index contributed by atoms with van der Waals surface area (Å²) in [6, 6.07) is 21.2. The number of rotatable bonds is 6. The van der Waals surface area contributed by atoms with E-state index in [0.29, 0.717) is 11.4 Å². The van der Waals surface area contributed by atoms with Crippen LogP contribution < -0.4 is 5.32 Å². The third-order valence-electron chi connectivity index (χ3n) is 6.06. The molecule has 3 aromatic heterocycles. The summed E-state index contributed by atoms with van der Waals surface area (Å²) < 4.78 is 7.13. The number of benzene rings is 2. The number of nitrogens with one attached hydrogen (secondary N) is 1. The van der Waals surface area contributed by atoms with Crippen molar-refractivity contribution in [1.29, 1.82) is 0 Å². The molecular formula is C27H24N6O2S. The lowest BCUT2D eigenvalue weighted by atomic mass is 10.2. The smallest absolute Gasteiger partial charge is 0.276 e. The number of pyridine rings is 1. The van der Waals surface area contributed by atoms with Gasteiger partial charge < -0.3 is 10.1 Å². The molecule has 0 bridgehead atoms. The summed E-state index contributed by atoms with van der Waals surface area (Å²) in [4.78, 5) is 25.8. The molecule has 6 rings (SSSR count). The Labute approximate surface area is 212 Å². The van der Waals surface area contributed by atoms with Gasteiger partial charge >= 0.3 is 0 Å². The van der Waals surface area contributed by atoms with Gasteiger partial charge in [0, 0.05) is 37.6 Å². The molecular weight excluding hydrogens is 472 g/mol. The molecule has 0 saturated carbocycles. The van der Waals surface area contributed by atoms with Crippen molar-refractivity contribution in [3.05, 3.63) is 90.4 Å². The minimum Gasteiger partial charge on any atom is -0.379 e. The Balaban J connectivity index is 1.23. The molecule has 0 spiro atoms. The minimum atomic E-state index is -0.274. The molecule has 180 valence electrons. The maximum absolute atomic E-state index is 13.0. The highest BCUT2D eigenvalue weighted by molar-refractivity contribution is 7.21. The summed E-state index contributed by atoms with van der Waals surface area (Å²) >= 11 is 1.52. The second-order valence-corrected chi connectivity index (χ2v) is 9.53. The van der Waals surface area contributed by atoms with Crippen molar-refractivity contribution < 1.29 is 9.53 Å². The first kappa shape index (κ1) is 22.5. The average Bonchev–Trinajstić information content (AvgIpc) is 3.58. The van der Waals surface area contributed by atoms with Gasteiger partial charge in [0.25, 0.3) is 5.91 Å². The van der Waals surface area contributed by atoms with Crippen molar-refractivity contribution in [2.45, 2.75) is 6.54 Å². The van der Waals surface area contributed by atoms with E-state index in [1.54, 1.807) is 16.9 Å². The highest BCUT2D eigenvalue weighted by Crippen LogP contribution is 2.34. The van der Waals surface area contributed by atoms with E-state index < -0.39 is 0 Å². The van der Waals surface area contributed by atoms with Crippen LogP contribution in [0.1, 0.15) is 16.1 Å². The van der Waals surface area contributed by atoms with Crippen LogP contribution >= 0.6 is 11.3 Å². The van der Waals surface area contributed by atoms with Gasteiger partial charge in [0.1, 0.15) is 15.4 Å². The predicted octanol–water partition coefficient (Wildman–Crippen LogP) is 4.63. The van der Waals surface area contributed by atoms with E-state index in [1.807, 2.05) is 60.8 Å². The molecule has 1 fully saturated rings. The molecule has 0 unspecified atom stereocenters. The van der Waals surface area contributed by atoms with E-state index in [2.05, 4.69) is 26.4 Å².